The van der Waals surface area contributed by atoms with Crippen LogP contribution in [0.3, 0.4) is 0 Å². The van der Waals surface area contributed by atoms with Crippen LogP contribution < -0.4 is 14.8 Å². The van der Waals surface area contributed by atoms with Gasteiger partial charge in [-0.2, -0.15) is 8.78 Å². The molecule has 0 saturated carbocycles. The molecule has 2 heterocycles. The van der Waals surface area contributed by atoms with Crippen LogP contribution in [-0.4, -0.2) is 43.5 Å². The number of methoxy groups -OCH3 is 1. The number of alkyl halides is 2. The summed E-state index contributed by atoms with van der Waals surface area (Å²) in [5.41, 5.74) is 1.51. The maximum absolute atomic E-state index is 13.0. The molecule has 1 N–H and O–H groups in total. The van der Waals surface area contributed by atoms with E-state index in [1.165, 1.54) is 30.6 Å². The predicted molar refractivity (Wildman–Crippen MR) is 127 cm³/mol. The Balaban J connectivity index is 1.51. The Morgan fingerprint density at radius 2 is 1.94 bits per heavy atom. The van der Waals surface area contributed by atoms with Crippen LogP contribution in [0.15, 0.2) is 60.0 Å². The third-order valence-corrected chi connectivity index (χ3v) is 6.53. The standard InChI is InChI=1S/C25H24F2N2O4S/c1-32-19-9-6-16(7-10-19)20-14-18(8-11-21(20)33-25(26)27)28-23(30)17-4-2-12-29(15-17)24(31)22-5-3-13-34-22/h3,5-11,13-14,17,25H,2,4,12,15H2,1H3,(H,28,30). The molecular weight excluding hydrogens is 462 g/mol. The molecule has 0 radical (unpaired) electrons. The van der Waals surface area contributed by atoms with Gasteiger partial charge >= 0.3 is 6.61 Å². The lowest BCUT2D eigenvalue weighted by Gasteiger charge is -2.31. The van der Waals surface area contributed by atoms with Crippen LogP contribution in [0.4, 0.5) is 14.5 Å². The number of anilines is 1. The number of thiophene rings is 1. The van der Waals surface area contributed by atoms with Gasteiger partial charge < -0.3 is 19.7 Å². The van der Waals surface area contributed by atoms with Crippen molar-refractivity contribution in [2.75, 3.05) is 25.5 Å². The van der Waals surface area contributed by atoms with E-state index < -0.39 is 6.61 Å². The number of carbonyl (C=O) groups is 2. The highest BCUT2D eigenvalue weighted by molar-refractivity contribution is 7.12. The molecule has 2 aromatic carbocycles. The molecule has 0 bridgehead atoms. The molecule has 6 nitrogen and oxygen atoms in total. The Bertz CT molecular complexity index is 1140. The van der Waals surface area contributed by atoms with Gasteiger partial charge in [0.2, 0.25) is 5.91 Å². The zero-order valence-electron chi connectivity index (χ0n) is 18.5. The molecule has 1 fully saturated rings. The lowest BCUT2D eigenvalue weighted by Crippen LogP contribution is -2.43. The first kappa shape index (κ1) is 23.7. The zero-order chi connectivity index (χ0) is 24.1. The van der Waals surface area contributed by atoms with Crippen LogP contribution in [0.2, 0.25) is 0 Å². The van der Waals surface area contributed by atoms with Crippen LogP contribution in [-0.2, 0) is 4.79 Å². The number of nitrogens with one attached hydrogen (secondary N) is 1. The van der Waals surface area contributed by atoms with E-state index in [-0.39, 0.29) is 23.5 Å². The van der Waals surface area contributed by atoms with E-state index in [0.717, 1.165) is 6.42 Å². The molecule has 1 unspecified atom stereocenters. The van der Waals surface area contributed by atoms with Crippen LogP contribution in [0.1, 0.15) is 22.5 Å². The maximum atomic E-state index is 13.0. The molecule has 4 rings (SSSR count). The van der Waals surface area contributed by atoms with Crippen molar-refractivity contribution < 1.29 is 27.8 Å². The Hall–Kier alpha value is -3.46. The van der Waals surface area contributed by atoms with E-state index in [1.807, 2.05) is 11.4 Å². The van der Waals surface area contributed by atoms with Gasteiger partial charge in [-0.15, -0.1) is 11.3 Å². The number of hydrogen-bond acceptors (Lipinski definition) is 5. The normalized spacial score (nSPS) is 15.8. The van der Waals surface area contributed by atoms with E-state index >= 15 is 0 Å². The second-order valence-corrected chi connectivity index (χ2v) is 8.82. The van der Waals surface area contributed by atoms with Crippen molar-refractivity contribution in [2.24, 2.45) is 5.92 Å². The average molecular weight is 487 g/mol. The highest BCUT2D eigenvalue weighted by atomic mass is 32.1. The van der Waals surface area contributed by atoms with Gasteiger partial charge in [0.05, 0.1) is 17.9 Å². The minimum Gasteiger partial charge on any atom is -0.497 e. The highest BCUT2D eigenvalue weighted by Crippen LogP contribution is 2.35. The minimum absolute atomic E-state index is 0.00329. The fraction of sp³-hybridized carbons (Fsp3) is 0.280. The van der Waals surface area contributed by atoms with Crippen LogP contribution in [0.5, 0.6) is 11.5 Å². The second-order valence-electron chi connectivity index (χ2n) is 7.87. The Morgan fingerprint density at radius 1 is 1.15 bits per heavy atom. The number of benzene rings is 2. The van der Waals surface area contributed by atoms with Gasteiger partial charge in [0.25, 0.3) is 5.91 Å². The van der Waals surface area contributed by atoms with Gasteiger partial charge in [-0.25, -0.2) is 0 Å². The molecule has 0 spiro atoms. The summed E-state index contributed by atoms with van der Waals surface area (Å²) in [6.45, 7) is -2.03. The van der Waals surface area contributed by atoms with Crippen molar-refractivity contribution in [3.63, 3.8) is 0 Å². The van der Waals surface area contributed by atoms with Crippen molar-refractivity contribution in [3.05, 3.63) is 64.9 Å². The number of rotatable bonds is 7. The fourth-order valence-corrected chi connectivity index (χ4v) is 4.67. The van der Waals surface area contributed by atoms with Crippen LogP contribution in [0, 0.1) is 5.92 Å². The molecule has 1 aliphatic rings. The molecule has 2 amide bonds. The smallest absolute Gasteiger partial charge is 0.387 e. The van der Waals surface area contributed by atoms with E-state index in [0.29, 0.717) is 47.0 Å². The van der Waals surface area contributed by atoms with Crippen molar-refractivity contribution in [3.8, 4) is 22.6 Å². The molecule has 1 aromatic heterocycles. The lowest BCUT2D eigenvalue weighted by molar-refractivity contribution is -0.121. The maximum Gasteiger partial charge on any atom is 0.387 e. The molecule has 178 valence electrons. The van der Waals surface area contributed by atoms with Crippen molar-refractivity contribution >= 4 is 28.8 Å². The Morgan fingerprint density at radius 3 is 2.62 bits per heavy atom. The first-order valence-electron chi connectivity index (χ1n) is 10.8. The number of amides is 2. The highest BCUT2D eigenvalue weighted by Gasteiger charge is 2.29. The molecule has 34 heavy (non-hydrogen) atoms. The summed E-state index contributed by atoms with van der Waals surface area (Å²) < 4.78 is 35.7. The Kier molecular flexibility index (Phi) is 7.42. The van der Waals surface area contributed by atoms with Gasteiger partial charge in [-0.3, -0.25) is 9.59 Å². The van der Waals surface area contributed by atoms with Gasteiger partial charge in [-0.1, -0.05) is 18.2 Å². The largest absolute Gasteiger partial charge is 0.497 e. The van der Waals surface area contributed by atoms with E-state index in [4.69, 9.17) is 4.74 Å². The number of nitrogens with zero attached hydrogens (tertiary/aromatic N) is 1. The number of ether oxygens (including phenoxy) is 2. The summed E-state index contributed by atoms with van der Waals surface area (Å²) in [6.07, 6.45) is 1.39. The van der Waals surface area contributed by atoms with Gasteiger partial charge in [-0.05, 0) is 60.2 Å². The van der Waals surface area contributed by atoms with Crippen LogP contribution in [0.25, 0.3) is 11.1 Å². The molecular formula is C25H24F2N2O4S. The van der Waals surface area contributed by atoms with Crippen molar-refractivity contribution in [2.45, 2.75) is 19.5 Å². The monoisotopic (exact) mass is 486 g/mol. The van der Waals surface area contributed by atoms with Gasteiger partial charge in [0.15, 0.2) is 0 Å². The molecule has 1 atom stereocenters. The summed E-state index contributed by atoms with van der Waals surface area (Å²) in [4.78, 5) is 28.0. The van der Waals surface area contributed by atoms with E-state index in [9.17, 15) is 18.4 Å². The molecule has 3 aromatic rings. The summed E-state index contributed by atoms with van der Waals surface area (Å²) in [5, 5.41) is 4.73. The first-order valence-corrected chi connectivity index (χ1v) is 11.7. The third-order valence-electron chi connectivity index (χ3n) is 5.68. The Labute approximate surface area is 200 Å². The van der Waals surface area contributed by atoms with Gasteiger partial charge in [0, 0.05) is 24.3 Å². The number of likely N-dealkylation sites (tertiary alicyclic amines) is 1. The summed E-state index contributed by atoms with van der Waals surface area (Å²) in [7, 11) is 1.54. The summed E-state index contributed by atoms with van der Waals surface area (Å²) >= 11 is 1.38. The molecule has 1 saturated heterocycles. The molecule has 0 aliphatic carbocycles. The number of hydrogen-bond donors (Lipinski definition) is 1. The average Bonchev–Trinajstić information content (AvgIpc) is 3.39. The zero-order valence-corrected chi connectivity index (χ0v) is 19.3. The second kappa shape index (κ2) is 10.6. The van der Waals surface area contributed by atoms with Crippen LogP contribution >= 0.6 is 11.3 Å². The number of halogens is 2. The summed E-state index contributed by atoms with van der Waals surface area (Å²) in [5.74, 6) is -0.0131. The van der Waals surface area contributed by atoms with Crippen molar-refractivity contribution in [1.82, 2.24) is 4.90 Å². The van der Waals surface area contributed by atoms with E-state index in [2.05, 4.69) is 10.1 Å². The fourth-order valence-electron chi connectivity index (χ4n) is 3.98. The lowest BCUT2D eigenvalue weighted by atomic mass is 9.96. The van der Waals surface area contributed by atoms with Crippen molar-refractivity contribution in [1.29, 1.82) is 0 Å². The minimum atomic E-state index is -2.98. The number of piperidine rings is 1. The quantitative estimate of drug-likeness (QED) is 0.478. The van der Waals surface area contributed by atoms with E-state index in [1.54, 1.807) is 41.3 Å². The SMILES string of the molecule is COc1ccc(-c2cc(NC(=O)C3CCCN(C(=O)c4cccs4)C3)ccc2OC(F)F)cc1. The number of carbonyl (C=O) groups excluding carboxylic acids is 2. The topological polar surface area (TPSA) is 67.9 Å². The van der Waals surface area contributed by atoms with Gasteiger partial charge in [0.1, 0.15) is 11.5 Å². The predicted octanol–water partition coefficient (Wildman–Crippen LogP) is 5.52. The molecule has 1 aliphatic heterocycles. The summed E-state index contributed by atoms with van der Waals surface area (Å²) in [6, 6.07) is 15.0. The first-order chi connectivity index (χ1) is 16.4. The molecule has 9 heteroatoms. The third kappa shape index (κ3) is 5.53.